The van der Waals surface area contributed by atoms with Gasteiger partial charge in [-0.15, -0.1) is 0 Å². The molecule has 64 valence electrons. The summed E-state index contributed by atoms with van der Waals surface area (Å²) in [5.41, 5.74) is 1.47. The minimum absolute atomic E-state index is 0.417. The number of amides is 1. The minimum Gasteiger partial charge on any atom is -0.289 e. The Morgan fingerprint density at radius 3 is 2.36 bits per heavy atom. The Labute approximate surface area is 62.9 Å². The van der Waals surface area contributed by atoms with Crippen molar-refractivity contribution >= 4 is 5.91 Å². The number of hydrogen-bond acceptors (Lipinski definition) is 2. The molecule has 0 heterocycles. The summed E-state index contributed by atoms with van der Waals surface area (Å²) < 4.78 is 25.5. The van der Waals surface area contributed by atoms with Crippen molar-refractivity contribution in [3.63, 3.8) is 0 Å². The van der Waals surface area contributed by atoms with E-state index in [9.17, 15) is 13.6 Å². The molecule has 0 bridgehead atoms. The molecule has 1 rings (SSSR count). The molecule has 0 aromatic rings. The molecule has 0 unspecified atom stereocenters. The van der Waals surface area contributed by atoms with Crippen molar-refractivity contribution in [2.75, 3.05) is 0 Å². The molecule has 0 saturated heterocycles. The van der Waals surface area contributed by atoms with E-state index >= 15 is 0 Å². The summed E-state index contributed by atoms with van der Waals surface area (Å²) in [6, 6.07) is 0. The number of alkyl halides is 2. The summed E-state index contributed by atoms with van der Waals surface area (Å²) >= 11 is 0. The third-order valence-corrected chi connectivity index (χ3v) is 2.05. The van der Waals surface area contributed by atoms with Gasteiger partial charge in [-0.3, -0.25) is 10.2 Å². The minimum atomic E-state index is -3.27. The standard InChI is InChI=1S/C6H10F2N2O/c7-6(8,5(11)10-9)4-2-1-3-4/h4H,1-3,9H2,(H,10,11). The molecular formula is C6H10F2N2O. The van der Waals surface area contributed by atoms with E-state index in [-0.39, 0.29) is 0 Å². The van der Waals surface area contributed by atoms with Gasteiger partial charge in [0.05, 0.1) is 0 Å². The molecule has 1 aliphatic carbocycles. The van der Waals surface area contributed by atoms with Crippen LogP contribution in [-0.2, 0) is 4.79 Å². The Bertz CT molecular complexity index is 168. The molecule has 0 radical (unpaired) electrons. The highest BCUT2D eigenvalue weighted by Gasteiger charge is 2.49. The molecule has 11 heavy (non-hydrogen) atoms. The number of nitrogens with one attached hydrogen (secondary N) is 1. The Morgan fingerprint density at radius 1 is 1.55 bits per heavy atom. The average molecular weight is 164 g/mol. The number of carbonyl (C=O) groups is 1. The fourth-order valence-electron chi connectivity index (χ4n) is 1.05. The lowest BCUT2D eigenvalue weighted by Crippen LogP contribution is -2.49. The van der Waals surface area contributed by atoms with Crippen molar-refractivity contribution < 1.29 is 13.6 Å². The monoisotopic (exact) mass is 164 g/mol. The Balaban J connectivity index is 2.56. The molecule has 3 nitrogen and oxygen atoms in total. The van der Waals surface area contributed by atoms with Crippen molar-refractivity contribution in [1.29, 1.82) is 0 Å². The molecular weight excluding hydrogens is 154 g/mol. The number of carbonyl (C=O) groups excluding carboxylic acids is 1. The molecule has 5 heteroatoms. The quantitative estimate of drug-likeness (QED) is 0.353. The van der Waals surface area contributed by atoms with E-state index in [0.717, 1.165) is 6.42 Å². The zero-order chi connectivity index (χ0) is 8.48. The van der Waals surface area contributed by atoms with Gasteiger partial charge in [-0.1, -0.05) is 6.42 Å². The van der Waals surface area contributed by atoms with E-state index in [1.54, 1.807) is 0 Å². The van der Waals surface area contributed by atoms with Crippen LogP contribution in [0.25, 0.3) is 0 Å². The molecule has 0 aromatic heterocycles. The molecule has 1 aliphatic rings. The van der Waals surface area contributed by atoms with Crippen LogP contribution in [0, 0.1) is 5.92 Å². The van der Waals surface area contributed by atoms with Crippen LogP contribution in [0.4, 0.5) is 8.78 Å². The van der Waals surface area contributed by atoms with Gasteiger partial charge in [0, 0.05) is 5.92 Å². The van der Waals surface area contributed by atoms with Gasteiger partial charge >= 0.3 is 11.8 Å². The van der Waals surface area contributed by atoms with Gasteiger partial charge in [0.1, 0.15) is 0 Å². The van der Waals surface area contributed by atoms with E-state index in [4.69, 9.17) is 0 Å². The van der Waals surface area contributed by atoms with Crippen molar-refractivity contribution in [3.8, 4) is 0 Å². The van der Waals surface area contributed by atoms with Crippen LogP contribution >= 0.6 is 0 Å². The summed E-state index contributed by atoms with van der Waals surface area (Å²) in [6.45, 7) is 0. The Morgan fingerprint density at radius 2 is 2.09 bits per heavy atom. The molecule has 1 fully saturated rings. The van der Waals surface area contributed by atoms with Gasteiger partial charge in [-0.2, -0.15) is 8.78 Å². The summed E-state index contributed by atoms with van der Waals surface area (Å²) in [4.78, 5) is 10.5. The van der Waals surface area contributed by atoms with E-state index < -0.39 is 17.7 Å². The number of rotatable bonds is 2. The second-order valence-corrected chi connectivity index (χ2v) is 2.72. The molecule has 0 atom stereocenters. The van der Waals surface area contributed by atoms with Gasteiger partial charge in [0.15, 0.2) is 0 Å². The maximum atomic E-state index is 12.8. The van der Waals surface area contributed by atoms with Gasteiger partial charge in [-0.25, -0.2) is 5.84 Å². The van der Waals surface area contributed by atoms with E-state index in [0.29, 0.717) is 12.8 Å². The molecule has 0 spiro atoms. The van der Waals surface area contributed by atoms with Crippen LogP contribution < -0.4 is 11.3 Å². The Hall–Kier alpha value is -0.710. The number of nitrogens with two attached hydrogens (primary N) is 1. The third kappa shape index (κ3) is 1.33. The zero-order valence-electron chi connectivity index (χ0n) is 5.94. The molecule has 0 aliphatic heterocycles. The normalized spacial score (nSPS) is 19.2. The first-order valence-electron chi connectivity index (χ1n) is 3.48. The molecule has 3 N–H and O–H groups in total. The SMILES string of the molecule is NNC(=O)C(F)(F)C1CCC1. The van der Waals surface area contributed by atoms with Crippen molar-refractivity contribution in [1.82, 2.24) is 5.43 Å². The summed E-state index contributed by atoms with van der Waals surface area (Å²) in [5.74, 6) is -0.849. The van der Waals surface area contributed by atoms with Gasteiger partial charge in [-0.05, 0) is 12.8 Å². The second-order valence-electron chi connectivity index (χ2n) is 2.72. The fraction of sp³-hybridized carbons (Fsp3) is 0.833. The highest BCUT2D eigenvalue weighted by atomic mass is 19.3. The highest BCUT2D eigenvalue weighted by Crippen LogP contribution is 2.39. The molecule has 0 aromatic carbocycles. The van der Waals surface area contributed by atoms with Gasteiger partial charge in [0.25, 0.3) is 0 Å². The van der Waals surface area contributed by atoms with Crippen molar-refractivity contribution in [2.24, 2.45) is 11.8 Å². The largest absolute Gasteiger partial charge is 0.328 e. The van der Waals surface area contributed by atoms with Gasteiger partial charge < -0.3 is 0 Å². The zero-order valence-corrected chi connectivity index (χ0v) is 5.94. The predicted molar refractivity (Wildman–Crippen MR) is 34.6 cm³/mol. The first-order valence-corrected chi connectivity index (χ1v) is 3.48. The number of hydrogen-bond donors (Lipinski definition) is 2. The predicted octanol–water partition coefficient (Wildman–Crippen LogP) is 0.412. The topological polar surface area (TPSA) is 55.1 Å². The maximum absolute atomic E-state index is 12.8. The lowest BCUT2D eigenvalue weighted by Gasteiger charge is -2.31. The first kappa shape index (κ1) is 8.39. The Kier molecular flexibility index (Phi) is 2.08. The second kappa shape index (κ2) is 2.73. The number of hydrazine groups is 1. The molecule has 1 amide bonds. The van der Waals surface area contributed by atoms with E-state index in [2.05, 4.69) is 5.84 Å². The lowest BCUT2D eigenvalue weighted by molar-refractivity contribution is -0.159. The molecule has 1 saturated carbocycles. The first-order chi connectivity index (χ1) is 5.09. The van der Waals surface area contributed by atoms with Crippen LogP contribution in [0.15, 0.2) is 0 Å². The summed E-state index contributed by atoms with van der Waals surface area (Å²) in [5, 5.41) is 0. The van der Waals surface area contributed by atoms with Crippen molar-refractivity contribution in [3.05, 3.63) is 0 Å². The third-order valence-electron chi connectivity index (χ3n) is 2.05. The lowest BCUT2D eigenvalue weighted by atomic mass is 9.80. The van der Waals surface area contributed by atoms with Crippen molar-refractivity contribution in [2.45, 2.75) is 25.2 Å². The van der Waals surface area contributed by atoms with Crippen LogP contribution in [0.2, 0.25) is 0 Å². The van der Waals surface area contributed by atoms with Crippen LogP contribution in [0.3, 0.4) is 0 Å². The number of halogens is 2. The average Bonchev–Trinajstić information content (AvgIpc) is 1.81. The van der Waals surface area contributed by atoms with E-state index in [1.165, 1.54) is 5.43 Å². The van der Waals surface area contributed by atoms with E-state index in [1.807, 2.05) is 0 Å². The maximum Gasteiger partial charge on any atom is 0.328 e. The smallest absolute Gasteiger partial charge is 0.289 e. The van der Waals surface area contributed by atoms with Crippen LogP contribution in [-0.4, -0.2) is 11.8 Å². The summed E-state index contributed by atoms with van der Waals surface area (Å²) in [7, 11) is 0. The fourth-order valence-corrected chi connectivity index (χ4v) is 1.05. The van der Waals surface area contributed by atoms with Crippen LogP contribution in [0.5, 0.6) is 0 Å². The highest BCUT2D eigenvalue weighted by molar-refractivity contribution is 5.83. The van der Waals surface area contributed by atoms with Gasteiger partial charge in [0.2, 0.25) is 0 Å². The summed E-state index contributed by atoms with van der Waals surface area (Å²) in [6.07, 6.45) is 1.61. The van der Waals surface area contributed by atoms with Crippen LogP contribution in [0.1, 0.15) is 19.3 Å².